The van der Waals surface area contributed by atoms with E-state index in [2.05, 4.69) is 0 Å². The average Bonchev–Trinajstić information content (AvgIpc) is 2.69. The van der Waals surface area contributed by atoms with Crippen LogP contribution in [0.2, 0.25) is 0 Å². The molecule has 0 aliphatic carbocycles. The van der Waals surface area contributed by atoms with Gasteiger partial charge in [-0.2, -0.15) is 0 Å². The number of ether oxygens (including phenoxy) is 1. The first-order chi connectivity index (χ1) is 6.77. The van der Waals surface area contributed by atoms with E-state index in [9.17, 15) is 9.18 Å². The van der Waals surface area contributed by atoms with Gasteiger partial charge in [0, 0.05) is 12.2 Å². The van der Waals surface area contributed by atoms with Crippen molar-refractivity contribution < 1.29 is 13.9 Å². The minimum absolute atomic E-state index is 0.109. The number of carbonyl (C=O) groups excluding carboxylic acids is 1. The van der Waals surface area contributed by atoms with E-state index in [1.54, 1.807) is 6.07 Å². The van der Waals surface area contributed by atoms with Gasteiger partial charge in [-0.3, -0.25) is 4.79 Å². The molecule has 1 unspecified atom stereocenters. The summed E-state index contributed by atoms with van der Waals surface area (Å²) in [4.78, 5) is 11.7. The zero-order chi connectivity index (χ0) is 9.97. The molecule has 1 heterocycles. The van der Waals surface area contributed by atoms with Gasteiger partial charge in [-0.15, -0.1) is 0 Å². The summed E-state index contributed by atoms with van der Waals surface area (Å²) in [7, 11) is 0. The Kier molecular flexibility index (Phi) is 2.59. The van der Waals surface area contributed by atoms with Crippen LogP contribution in [0.3, 0.4) is 0 Å². The van der Waals surface area contributed by atoms with Crippen molar-refractivity contribution in [2.45, 2.75) is 18.9 Å². The summed E-state index contributed by atoms with van der Waals surface area (Å²) in [6.07, 6.45) is 1.29. The van der Waals surface area contributed by atoms with Crippen molar-refractivity contribution in [3.8, 4) is 0 Å². The predicted molar refractivity (Wildman–Crippen MR) is 49.7 cm³/mol. The third-order valence-electron chi connectivity index (χ3n) is 2.33. The van der Waals surface area contributed by atoms with Crippen molar-refractivity contribution in [1.29, 1.82) is 0 Å². The number of rotatable bonds is 2. The topological polar surface area (TPSA) is 26.3 Å². The molecule has 1 saturated heterocycles. The first kappa shape index (κ1) is 9.34. The maximum atomic E-state index is 12.8. The quantitative estimate of drug-likeness (QED) is 0.674. The highest BCUT2D eigenvalue weighted by Crippen LogP contribution is 2.17. The van der Waals surface area contributed by atoms with Crippen molar-refractivity contribution in [2.75, 3.05) is 6.61 Å². The van der Waals surface area contributed by atoms with Crippen molar-refractivity contribution in [1.82, 2.24) is 0 Å². The average molecular weight is 194 g/mol. The Morgan fingerprint density at radius 1 is 1.50 bits per heavy atom. The van der Waals surface area contributed by atoms with Crippen LogP contribution in [-0.2, 0) is 4.74 Å². The summed E-state index contributed by atoms with van der Waals surface area (Å²) in [5.41, 5.74) is 0.400. The second-order valence-corrected chi connectivity index (χ2v) is 3.38. The fourth-order valence-corrected chi connectivity index (χ4v) is 1.61. The molecule has 1 aliphatic heterocycles. The van der Waals surface area contributed by atoms with Crippen molar-refractivity contribution in [3.63, 3.8) is 0 Å². The molecule has 0 radical (unpaired) electrons. The summed E-state index contributed by atoms with van der Waals surface area (Å²) in [5.74, 6) is -0.490. The van der Waals surface area contributed by atoms with Gasteiger partial charge in [0.15, 0.2) is 5.78 Å². The van der Waals surface area contributed by atoms with Crippen LogP contribution in [0, 0.1) is 5.82 Å². The van der Waals surface area contributed by atoms with E-state index in [4.69, 9.17) is 4.74 Å². The third-order valence-corrected chi connectivity index (χ3v) is 2.33. The van der Waals surface area contributed by atoms with E-state index in [0.717, 1.165) is 12.8 Å². The summed E-state index contributed by atoms with van der Waals surface area (Å²) >= 11 is 0. The maximum absolute atomic E-state index is 12.8. The fourth-order valence-electron chi connectivity index (χ4n) is 1.61. The number of halogens is 1. The third kappa shape index (κ3) is 1.82. The van der Waals surface area contributed by atoms with Crippen LogP contribution in [0.5, 0.6) is 0 Å². The molecule has 0 N–H and O–H groups in total. The van der Waals surface area contributed by atoms with Crippen LogP contribution in [0.1, 0.15) is 23.2 Å². The summed E-state index contributed by atoms with van der Waals surface area (Å²) in [6, 6.07) is 5.74. The minimum Gasteiger partial charge on any atom is -0.370 e. The molecular formula is C11H11FO2. The van der Waals surface area contributed by atoms with E-state index >= 15 is 0 Å². The molecule has 2 nitrogen and oxygen atoms in total. The molecule has 1 fully saturated rings. The highest BCUT2D eigenvalue weighted by molar-refractivity contribution is 5.99. The Labute approximate surface area is 81.7 Å². The molecule has 2 rings (SSSR count). The maximum Gasteiger partial charge on any atom is 0.191 e. The number of benzene rings is 1. The van der Waals surface area contributed by atoms with Gasteiger partial charge in [0.2, 0.25) is 0 Å². The zero-order valence-corrected chi connectivity index (χ0v) is 7.70. The molecule has 14 heavy (non-hydrogen) atoms. The van der Waals surface area contributed by atoms with Gasteiger partial charge >= 0.3 is 0 Å². The Bertz CT molecular complexity index is 343. The van der Waals surface area contributed by atoms with Gasteiger partial charge in [0.05, 0.1) is 0 Å². The first-order valence-corrected chi connectivity index (χ1v) is 4.69. The highest BCUT2D eigenvalue weighted by Gasteiger charge is 2.24. The van der Waals surface area contributed by atoms with E-state index in [1.165, 1.54) is 18.2 Å². The number of Topliss-reactive ketones (excluding diaryl/α,β-unsaturated/α-hetero) is 1. The molecule has 0 spiro atoms. The Morgan fingerprint density at radius 2 is 2.36 bits per heavy atom. The van der Waals surface area contributed by atoms with Crippen LogP contribution in [0.25, 0.3) is 0 Å². The van der Waals surface area contributed by atoms with E-state index < -0.39 is 0 Å². The van der Waals surface area contributed by atoms with Crippen molar-refractivity contribution in [3.05, 3.63) is 35.6 Å². The molecule has 0 amide bonds. The Balaban J connectivity index is 2.17. The molecule has 0 saturated carbocycles. The van der Waals surface area contributed by atoms with Gasteiger partial charge in [-0.05, 0) is 25.0 Å². The summed E-state index contributed by atoms with van der Waals surface area (Å²) in [5, 5.41) is 0. The summed E-state index contributed by atoms with van der Waals surface area (Å²) in [6.45, 7) is 0.631. The molecule has 1 atom stereocenters. The van der Waals surface area contributed by atoms with E-state index in [-0.39, 0.29) is 17.7 Å². The second-order valence-electron chi connectivity index (χ2n) is 3.38. The lowest BCUT2D eigenvalue weighted by molar-refractivity contribution is 0.0642. The SMILES string of the molecule is O=C(c1cccc(F)c1)C1CCCO1. The zero-order valence-electron chi connectivity index (χ0n) is 7.70. The molecule has 3 heteroatoms. The molecule has 1 aliphatic rings. The minimum atomic E-state index is -0.381. The molecule has 1 aromatic carbocycles. The monoisotopic (exact) mass is 194 g/mol. The molecule has 0 bridgehead atoms. The van der Waals surface area contributed by atoms with Gasteiger partial charge in [0.1, 0.15) is 11.9 Å². The Morgan fingerprint density at radius 3 is 3.00 bits per heavy atom. The molecule has 0 aromatic heterocycles. The van der Waals surface area contributed by atoms with E-state index in [1.807, 2.05) is 0 Å². The molecule has 74 valence electrons. The largest absolute Gasteiger partial charge is 0.370 e. The van der Waals surface area contributed by atoms with Crippen LogP contribution in [0.4, 0.5) is 4.39 Å². The van der Waals surface area contributed by atoms with Crippen molar-refractivity contribution >= 4 is 5.78 Å². The van der Waals surface area contributed by atoms with Gasteiger partial charge in [-0.1, -0.05) is 12.1 Å². The van der Waals surface area contributed by atoms with E-state index in [0.29, 0.717) is 12.2 Å². The smallest absolute Gasteiger partial charge is 0.191 e. The first-order valence-electron chi connectivity index (χ1n) is 4.69. The van der Waals surface area contributed by atoms with Crippen LogP contribution in [-0.4, -0.2) is 18.5 Å². The van der Waals surface area contributed by atoms with Crippen LogP contribution < -0.4 is 0 Å². The normalized spacial score (nSPS) is 21.1. The number of hydrogen-bond donors (Lipinski definition) is 0. The Hall–Kier alpha value is -1.22. The van der Waals surface area contributed by atoms with Crippen LogP contribution in [0.15, 0.2) is 24.3 Å². The lowest BCUT2D eigenvalue weighted by atomic mass is 10.0. The second kappa shape index (κ2) is 3.88. The number of carbonyl (C=O) groups is 1. The fraction of sp³-hybridized carbons (Fsp3) is 0.364. The lowest BCUT2D eigenvalue weighted by Crippen LogP contribution is -2.19. The van der Waals surface area contributed by atoms with Crippen molar-refractivity contribution in [2.24, 2.45) is 0 Å². The molecular weight excluding hydrogens is 183 g/mol. The van der Waals surface area contributed by atoms with Crippen LogP contribution >= 0.6 is 0 Å². The number of ketones is 1. The van der Waals surface area contributed by atoms with Gasteiger partial charge in [-0.25, -0.2) is 4.39 Å². The van der Waals surface area contributed by atoms with Gasteiger partial charge in [0.25, 0.3) is 0 Å². The number of hydrogen-bond acceptors (Lipinski definition) is 2. The predicted octanol–water partition coefficient (Wildman–Crippen LogP) is 2.19. The lowest BCUT2D eigenvalue weighted by Gasteiger charge is -2.07. The van der Waals surface area contributed by atoms with Gasteiger partial charge < -0.3 is 4.74 Å². The highest BCUT2D eigenvalue weighted by atomic mass is 19.1. The molecule has 1 aromatic rings. The summed E-state index contributed by atoms with van der Waals surface area (Å²) < 4.78 is 18.1. The standard InChI is InChI=1S/C11H11FO2/c12-9-4-1-3-8(7-9)11(13)10-5-2-6-14-10/h1,3-4,7,10H,2,5-6H2.